The molecule has 0 saturated carbocycles. The Morgan fingerprint density at radius 3 is 2.88 bits per heavy atom. The van der Waals surface area contributed by atoms with Crippen molar-refractivity contribution in [2.75, 3.05) is 13.3 Å². The lowest BCUT2D eigenvalue weighted by atomic mass is 10.0. The molecule has 8 heteroatoms. The zero-order chi connectivity index (χ0) is 17.6. The van der Waals surface area contributed by atoms with Gasteiger partial charge in [-0.25, -0.2) is 4.79 Å². The first kappa shape index (κ1) is 15.9. The van der Waals surface area contributed by atoms with Crippen molar-refractivity contribution in [2.24, 2.45) is 0 Å². The number of β-amino-alcohol motifs (C(OH)–C–C–N with tert-alkyl or cyclic N) is 1. The van der Waals surface area contributed by atoms with Crippen molar-refractivity contribution in [1.82, 2.24) is 10.2 Å². The molecule has 2 atom stereocenters. The molecule has 2 unspecified atom stereocenters. The van der Waals surface area contributed by atoms with Crippen LogP contribution in [-0.4, -0.2) is 35.3 Å². The van der Waals surface area contributed by atoms with E-state index in [-0.39, 0.29) is 19.2 Å². The van der Waals surface area contributed by atoms with Crippen LogP contribution in [0.5, 0.6) is 11.5 Å². The van der Waals surface area contributed by atoms with Crippen molar-refractivity contribution in [3.63, 3.8) is 0 Å². The van der Waals surface area contributed by atoms with Crippen molar-refractivity contribution in [1.29, 1.82) is 0 Å². The number of hydrogen-bond donors (Lipinski definition) is 2. The SMILES string of the molecule is CC1(c2cccs2)NC(=O)N(CC(O)c2ccc3c(c2)OCO3)C1=O. The molecule has 2 N–H and O–H groups in total. The largest absolute Gasteiger partial charge is 0.454 e. The first-order valence-electron chi connectivity index (χ1n) is 7.75. The number of aliphatic hydroxyl groups excluding tert-OH is 1. The van der Waals surface area contributed by atoms with Gasteiger partial charge in [-0.1, -0.05) is 12.1 Å². The molecule has 2 aliphatic rings. The molecule has 0 spiro atoms. The van der Waals surface area contributed by atoms with Crippen LogP contribution in [0, 0.1) is 0 Å². The van der Waals surface area contributed by atoms with Crippen molar-refractivity contribution < 1.29 is 24.2 Å². The predicted molar refractivity (Wildman–Crippen MR) is 89.4 cm³/mol. The molecule has 7 nitrogen and oxygen atoms in total. The fourth-order valence-corrected chi connectivity index (χ4v) is 3.83. The number of thiophene rings is 1. The van der Waals surface area contributed by atoms with E-state index >= 15 is 0 Å². The van der Waals surface area contributed by atoms with E-state index in [1.807, 2.05) is 11.4 Å². The maximum Gasteiger partial charge on any atom is 0.325 e. The number of rotatable bonds is 4. The molecule has 1 saturated heterocycles. The Bertz CT molecular complexity index is 838. The average Bonchev–Trinajstić information content (AvgIpc) is 3.31. The van der Waals surface area contributed by atoms with E-state index in [0.29, 0.717) is 17.1 Å². The molecule has 1 aromatic carbocycles. The Morgan fingerprint density at radius 1 is 1.32 bits per heavy atom. The minimum atomic E-state index is -1.10. The molecule has 3 amide bonds. The van der Waals surface area contributed by atoms with Gasteiger partial charge in [0.2, 0.25) is 6.79 Å². The fraction of sp³-hybridized carbons (Fsp3) is 0.294. The fourth-order valence-electron chi connectivity index (χ4n) is 2.99. The molecule has 1 fully saturated rings. The highest BCUT2D eigenvalue weighted by atomic mass is 32.1. The number of ether oxygens (including phenoxy) is 2. The van der Waals surface area contributed by atoms with Crippen LogP contribution in [0.2, 0.25) is 0 Å². The van der Waals surface area contributed by atoms with Crippen molar-refractivity contribution >= 4 is 23.3 Å². The molecule has 1 aromatic heterocycles. The summed E-state index contributed by atoms with van der Waals surface area (Å²) in [5, 5.41) is 15.1. The van der Waals surface area contributed by atoms with Gasteiger partial charge in [0.05, 0.1) is 12.6 Å². The number of carbonyl (C=O) groups is 2. The highest BCUT2D eigenvalue weighted by molar-refractivity contribution is 7.10. The molecular formula is C17H16N2O5S. The molecule has 3 heterocycles. The Morgan fingerprint density at radius 2 is 2.12 bits per heavy atom. The minimum absolute atomic E-state index is 0.134. The number of nitrogens with one attached hydrogen (secondary N) is 1. The highest BCUT2D eigenvalue weighted by Crippen LogP contribution is 2.36. The molecule has 4 rings (SSSR count). The summed E-state index contributed by atoms with van der Waals surface area (Å²) in [6.07, 6.45) is -1.02. The van der Waals surface area contributed by atoms with E-state index in [1.54, 1.807) is 31.2 Å². The number of fused-ring (bicyclic) bond motifs is 1. The number of benzene rings is 1. The molecule has 2 aromatic rings. The quantitative estimate of drug-likeness (QED) is 0.814. The van der Waals surface area contributed by atoms with Crippen LogP contribution in [0.4, 0.5) is 4.79 Å². The summed E-state index contributed by atoms with van der Waals surface area (Å²) >= 11 is 1.40. The van der Waals surface area contributed by atoms with Crippen LogP contribution in [0.25, 0.3) is 0 Å². The number of aliphatic hydroxyl groups is 1. The average molecular weight is 360 g/mol. The molecule has 2 aliphatic heterocycles. The van der Waals surface area contributed by atoms with Gasteiger partial charge >= 0.3 is 6.03 Å². The molecule has 0 aliphatic carbocycles. The van der Waals surface area contributed by atoms with Crippen LogP contribution in [0.1, 0.15) is 23.5 Å². The van der Waals surface area contributed by atoms with E-state index in [2.05, 4.69) is 5.32 Å². The van der Waals surface area contributed by atoms with Crippen molar-refractivity contribution in [3.8, 4) is 11.5 Å². The topological polar surface area (TPSA) is 88.1 Å². The zero-order valence-corrected chi connectivity index (χ0v) is 14.2. The maximum absolute atomic E-state index is 12.8. The standard InChI is InChI=1S/C17H16N2O5S/c1-17(14-3-2-6-25-14)15(21)19(16(22)18-17)8-11(20)10-4-5-12-13(7-10)24-9-23-12/h2-7,11,20H,8-9H2,1H3,(H,18,22). The normalized spacial score (nSPS) is 23.0. The summed E-state index contributed by atoms with van der Waals surface area (Å²) in [6.45, 7) is 1.68. The third-order valence-corrected chi connectivity index (χ3v) is 5.52. The summed E-state index contributed by atoms with van der Waals surface area (Å²) < 4.78 is 10.5. The maximum atomic E-state index is 12.8. The zero-order valence-electron chi connectivity index (χ0n) is 13.4. The minimum Gasteiger partial charge on any atom is -0.454 e. The number of imide groups is 1. The van der Waals surface area contributed by atoms with Crippen LogP contribution < -0.4 is 14.8 Å². The lowest BCUT2D eigenvalue weighted by Crippen LogP contribution is -2.40. The van der Waals surface area contributed by atoms with Gasteiger partial charge in [0.15, 0.2) is 17.0 Å². The lowest BCUT2D eigenvalue weighted by Gasteiger charge is -2.21. The first-order chi connectivity index (χ1) is 12.0. The van der Waals surface area contributed by atoms with Gasteiger partial charge in [0.25, 0.3) is 5.91 Å². The van der Waals surface area contributed by atoms with E-state index in [4.69, 9.17) is 9.47 Å². The number of amides is 3. The smallest absolute Gasteiger partial charge is 0.325 e. The van der Waals surface area contributed by atoms with E-state index in [9.17, 15) is 14.7 Å². The van der Waals surface area contributed by atoms with Crippen LogP contribution in [0.15, 0.2) is 35.7 Å². The third-order valence-electron chi connectivity index (χ3n) is 4.43. The number of hydrogen-bond acceptors (Lipinski definition) is 6. The Balaban J connectivity index is 1.54. The van der Waals surface area contributed by atoms with Crippen LogP contribution in [-0.2, 0) is 10.3 Å². The lowest BCUT2D eigenvalue weighted by molar-refractivity contribution is -0.132. The summed E-state index contributed by atoms with van der Waals surface area (Å²) in [7, 11) is 0. The summed E-state index contributed by atoms with van der Waals surface area (Å²) in [5.41, 5.74) is -0.547. The monoisotopic (exact) mass is 360 g/mol. The van der Waals surface area contributed by atoms with E-state index in [1.165, 1.54) is 11.3 Å². The van der Waals surface area contributed by atoms with E-state index < -0.39 is 17.7 Å². The second-order valence-electron chi connectivity index (χ2n) is 6.08. The number of nitrogens with zero attached hydrogens (tertiary/aromatic N) is 1. The Hall–Kier alpha value is -2.58. The molecular weight excluding hydrogens is 344 g/mol. The van der Waals surface area contributed by atoms with Crippen LogP contribution >= 0.6 is 11.3 Å². The second-order valence-corrected chi connectivity index (χ2v) is 7.02. The van der Waals surface area contributed by atoms with Crippen molar-refractivity contribution in [2.45, 2.75) is 18.6 Å². The molecule has 0 bridgehead atoms. The van der Waals surface area contributed by atoms with E-state index in [0.717, 1.165) is 9.78 Å². The highest BCUT2D eigenvalue weighted by Gasteiger charge is 2.50. The van der Waals surface area contributed by atoms with Crippen LogP contribution in [0.3, 0.4) is 0 Å². The van der Waals surface area contributed by atoms with Gasteiger partial charge in [0, 0.05) is 4.88 Å². The molecule has 0 radical (unpaired) electrons. The second kappa shape index (κ2) is 5.75. The van der Waals surface area contributed by atoms with Gasteiger partial charge in [-0.3, -0.25) is 9.69 Å². The number of carbonyl (C=O) groups excluding carboxylic acids is 2. The summed E-state index contributed by atoms with van der Waals surface area (Å²) in [5.74, 6) is 0.771. The first-order valence-corrected chi connectivity index (χ1v) is 8.63. The van der Waals surface area contributed by atoms with Crippen molar-refractivity contribution in [3.05, 3.63) is 46.2 Å². The summed E-state index contributed by atoms with van der Waals surface area (Å²) in [6, 6.07) is 8.16. The molecule has 25 heavy (non-hydrogen) atoms. The van der Waals surface area contributed by atoms with Gasteiger partial charge < -0.3 is 19.9 Å². The summed E-state index contributed by atoms with van der Waals surface area (Å²) in [4.78, 5) is 26.9. The Labute approximate surface area is 147 Å². The number of urea groups is 1. The predicted octanol–water partition coefficient (Wildman–Crippen LogP) is 1.98. The third kappa shape index (κ3) is 2.54. The Kier molecular flexibility index (Phi) is 3.66. The van der Waals surface area contributed by atoms with Gasteiger partial charge in [-0.2, -0.15) is 0 Å². The van der Waals surface area contributed by atoms with Gasteiger partial charge in [0.1, 0.15) is 0 Å². The van der Waals surface area contributed by atoms with Gasteiger partial charge in [-0.05, 0) is 36.1 Å². The molecule has 130 valence electrons. The van der Waals surface area contributed by atoms with Gasteiger partial charge in [-0.15, -0.1) is 11.3 Å².